The van der Waals surface area contributed by atoms with Crippen LogP contribution in [-0.4, -0.2) is 23.7 Å². The maximum atomic E-state index is 11.3. The van der Waals surface area contributed by atoms with Crippen molar-refractivity contribution in [1.29, 1.82) is 5.26 Å². The van der Waals surface area contributed by atoms with Gasteiger partial charge in [0.1, 0.15) is 11.6 Å². The van der Waals surface area contributed by atoms with Gasteiger partial charge in [0.25, 0.3) is 0 Å². The first kappa shape index (κ1) is 13.5. The molecule has 0 aromatic heterocycles. The first-order chi connectivity index (χ1) is 8.58. The van der Waals surface area contributed by atoms with Crippen molar-refractivity contribution < 1.29 is 19.4 Å². The monoisotopic (exact) mass is 245 g/mol. The van der Waals surface area contributed by atoms with E-state index in [0.717, 1.165) is 0 Å². The van der Waals surface area contributed by atoms with Crippen molar-refractivity contribution in [1.82, 2.24) is 0 Å². The average molecular weight is 245 g/mol. The van der Waals surface area contributed by atoms with Crippen molar-refractivity contribution in [2.24, 2.45) is 0 Å². The van der Waals surface area contributed by atoms with Gasteiger partial charge in [-0.25, -0.2) is 9.59 Å². The molecule has 0 amide bonds. The number of esters is 1. The van der Waals surface area contributed by atoms with Crippen LogP contribution in [0, 0.1) is 11.3 Å². The minimum Gasteiger partial charge on any atom is -0.478 e. The Balaban J connectivity index is 2.97. The molecule has 0 radical (unpaired) electrons. The number of nitriles is 1. The van der Waals surface area contributed by atoms with Crippen molar-refractivity contribution in [3.8, 4) is 6.07 Å². The van der Waals surface area contributed by atoms with Crippen LogP contribution in [0.25, 0.3) is 6.08 Å². The van der Waals surface area contributed by atoms with Crippen LogP contribution in [0.1, 0.15) is 22.8 Å². The molecule has 0 fully saturated rings. The van der Waals surface area contributed by atoms with E-state index in [1.54, 1.807) is 13.0 Å². The Morgan fingerprint density at radius 1 is 1.39 bits per heavy atom. The smallest absolute Gasteiger partial charge is 0.348 e. The maximum Gasteiger partial charge on any atom is 0.348 e. The fraction of sp³-hybridized carbons (Fsp3) is 0.154. The molecule has 0 bridgehead atoms. The quantitative estimate of drug-likeness (QED) is 0.497. The van der Waals surface area contributed by atoms with Gasteiger partial charge in [-0.1, -0.05) is 12.1 Å². The summed E-state index contributed by atoms with van der Waals surface area (Å²) in [6.07, 6.45) is 1.35. The first-order valence-electron chi connectivity index (χ1n) is 5.20. The zero-order chi connectivity index (χ0) is 13.5. The van der Waals surface area contributed by atoms with Crippen LogP contribution in [0.4, 0.5) is 0 Å². The molecule has 5 nitrogen and oxygen atoms in total. The molecule has 0 aliphatic carbocycles. The lowest BCUT2D eigenvalue weighted by Crippen LogP contribution is -2.06. The van der Waals surface area contributed by atoms with E-state index in [-0.39, 0.29) is 17.7 Å². The molecule has 18 heavy (non-hydrogen) atoms. The molecule has 0 unspecified atom stereocenters. The molecule has 0 heterocycles. The summed E-state index contributed by atoms with van der Waals surface area (Å²) in [5.74, 6) is -1.72. The third-order valence-electron chi connectivity index (χ3n) is 2.08. The SMILES string of the molecule is CCOC(=O)C(C#N)=Cc1ccc(C(=O)O)cc1. The Morgan fingerprint density at radius 2 is 2.00 bits per heavy atom. The van der Waals surface area contributed by atoms with Crippen molar-refractivity contribution in [2.45, 2.75) is 6.92 Å². The highest BCUT2D eigenvalue weighted by molar-refractivity contribution is 5.98. The minimum atomic E-state index is -1.03. The molecule has 1 rings (SSSR count). The zero-order valence-electron chi connectivity index (χ0n) is 9.71. The Bertz CT molecular complexity index is 523. The molecule has 0 aliphatic heterocycles. The predicted octanol–water partition coefficient (Wildman–Crippen LogP) is 1.85. The van der Waals surface area contributed by atoms with E-state index in [4.69, 9.17) is 15.1 Å². The van der Waals surface area contributed by atoms with E-state index < -0.39 is 11.9 Å². The van der Waals surface area contributed by atoms with Crippen LogP contribution in [0.3, 0.4) is 0 Å². The normalized spacial score (nSPS) is 10.6. The summed E-state index contributed by atoms with van der Waals surface area (Å²) in [5.41, 5.74) is 0.575. The molecule has 0 atom stereocenters. The van der Waals surface area contributed by atoms with Crippen LogP contribution in [0.2, 0.25) is 0 Å². The minimum absolute atomic E-state index is 0.125. The number of ether oxygens (including phenoxy) is 1. The highest BCUT2D eigenvalue weighted by Crippen LogP contribution is 2.10. The lowest BCUT2D eigenvalue weighted by molar-refractivity contribution is -0.137. The van der Waals surface area contributed by atoms with Gasteiger partial charge in [-0.3, -0.25) is 0 Å². The Kier molecular flexibility index (Phi) is 4.64. The summed E-state index contributed by atoms with van der Waals surface area (Å²) < 4.78 is 4.71. The standard InChI is InChI=1S/C13H11NO4/c1-2-18-13(17)11(8-14)7-9-3-5-10(6-4-9)12(15)16/h3-7H,2H2,1H3,(H,15,16). The zero-order valence-corrected chi connectivity index (χ0v) is 9.71. The summed E-state index contributed by atoms with van der Waals surface area (Å²) in [5, 5.41) is 17.5. The number of rotatable bonds is 4. The number of hydrogen-bond donors (Lipinski definition) is 1. The number of hydrogen-bond acceptors (Lipinski definition) is 4. The van der Waals surface area contributed by atoms with Crippen LogP contribution < -0.4 is 0 Å². The molecule has 92 valence electrons. The van der Waals surface area contributed by atoms with Gasteiger partial charge in [0.15, 0.2) is 0 Å². The van der Waals surface area contributed by atoms with E-state index in [1.165, 1.54) is 30.3 Å². The highest BCUT2D eigenvalue weighted by atomic mass is 16.5. The fourth-order valence-electron chi connectivity index (χ4n) is 1.23. The second-order valence-electron chi connectivity index (χ2n) is 3.32. The van der Waals surface area contributed by atoms with Gasteiger partial charge in [-0.2, -0.15) is 5.26 Å². The average Bonchev–Trinajstić information content (AvgIpc) is 2.36. The van der Waals surface area contributed by atoms with Gasteiger partial charge in [0, 0.05) is 0 Å². The van der Waals surface area contributed by atoms with Crippen LogP contribution in [-0.2, 0) is 9.53 Å². The molecule has 0 spiro atoms. The third-order valence-corrected chi connectivity index (χ3v) is 2.08. The number of carboxylic acids is 1. The molecule has 1 aromatic rings. The van der Waals surface area contributed by atoms with Crippen molar-refractivity contribution >= 4 is 18.0 Å². The number of carbonyl (C=O) groups is 2. The predicted molar refractivity (Wildman–Crippen MR) is 63.6 cm³/mol. The second-order valence-corrected chi connectivity index (χ2v) is 3.32. The largest absolute Gasteiger partial charge is 0.478 e. The van der Waals surface area contributed by atoms with E-state index in [2.05, 4.69) is 0 Å². The third kappa shape index (κ3) is 3.46. The number of nitrogens with zero attached hydrogens (tertiary/aromatic N) is 1. The molecule has 1 aromatic carbocycles. The molecule has 0 aliphatic rings. The Labute approximate surface area is 104 Å². The van der Waals surface area contributed by atoms with Crippen molar-refractivity contribution in [3.05, 3.63) is 41.0 Å². The lowest BCUT2D eigenvalue weighted by Gasteiger charge is -2.00. The summed E-state index contributed by atoms with van der Waals surface area (Å²) >= 11 is 0. The van der Waals surface area contributed by atoms with Gasteiger partial charge < -0.3 is 9.84 Å². The number of aromatic carboxylic acids is 1. The van der Waals surface area contributed by atoms with Gasteiger partial charge >= 0.3 is 11.9 Å². The lowest BCUT2D eigenvalue weighted by atomic mass is 10.1. The van der Waals surface area contributed by atoms with Crippen molar-refractivity contribution in [2.75, 3.05) is 6.61 Å². The molecular weight excluding hydrogens is 234 g/mol. The van der Waals surface area contributed by atoms with Gasteiger partial charge in [0.2, 0.25) is 0 Å². The summed E-state index contributed by atoms with van der Waals surface area (Å²) in [4.78, 5) is 22.0. The van der Waals surface area contributed by atoms with Crippen LogP contribution in [0.15, 0.2) is 29.8 Å². The second kappa shape index (κ2) is 6.21. The topological polar surface area (TPSA) is 87.4 Å². The fourth-order valence-corrected chi connectivity index (χ4v) is 1.23. The number of carbonyl (C=O) groups excluding carboxylic acids is 1. The molecule has 0 saturated heterocycles. The van der Waals surface area contributed by atoms with E-state index >= 15 is 0 Å². The Hall–Kier alpha value is -2.61. The van der Waals surface area contributed by atoms with Crippen molar-refractivity contribution in [3.63, 3.8) is 0 Å². The summed E-state index contributed by atoms with van der Waals surface area (Å²) in [7, 11) is 0. The van der Waals surface area contributed by atoms with E-state index in [9.17, 15) is 9.59 Å². The first-order valence-corrected chi connectivity index (χ1v) is 5.20. The summed E-state index contributed by atoms with van der Waals surface area (Å²) in [6.45, 7) is 1.84. The van der Waals surface area contributed by atoms with Crippen LogP contribution >= 0.6 is 0 Å². The molecule has 5 heteroatoms. The Morgan fingerprint density at radius 3 is 2.44 bits per heavy atom. The molecule has 1 N–H and O–H groups in total. The molecule has 0 saturated carbocycles. The number of carboxylic acid groups (broad SMARTS) is 1. The molecular formula is C13H11NO4. The van der Waals surface area contributed by atoms with Gasteiger partial charge in [-0.15, -0.1) is 0 Å². The van der Waals surface area contributed by atoms with E-state index in [1.807, 2.05) is 0 Å². The summed E-state index contributed by atoms with van der Waals surface area (Å²) in [6, 6.07) is 7.56. The number of benzene rings is 1. The van der Waals surface area contributed by atoms with Crippen LogP contribution in [0.5, 0.6) is 0 Å². The maximum absolute atomic E-state index is 11.3. The highest BCUT2D eigenvalue weighted by Gasteiger charge is 2.09. The van der Waals surface area contributed by atoms with Gasteiger partial charge in [0.05, 0.1) is 12.2 Å². The van der Waals surface area contributed by atoms with Gasteiger partial charge in [-0.05, 0) is 30.7 Å². The van der Waals surface area contributed by atoms with E-state index in [0.29, 0.717) is 5.56 Å².